The number of rotatable bonds is 6. The van der Waals surface area contributed by atoms with Crippen molar-refractivity contribution in [2.75, 3.05) is 18.2 Å². The number of hydrogen-bond acceptors (Lipinski definition) is 7. The number of carbonyl (C=O) groups is 3. The summed E-state index contributed by atoms with van der Waals surface area (Å²) in [6.07, 6.45) is 2.09. The van der Waals surface area contributed by atoms with Crippen LogP contribution in [0.2, 0.25) is 0 Å². The van der Waals surface area contributed by atoms with Crippen LogP contribution in [0.1, 0.15) is 33.2 Å². The predicted molar refractivity (Wildman–Crippen MR) is 129 cm³/mol. The van der Waals surface area contributed by atoms with Crippen LogP contribution < -0.4 is 5.32 Å². The molecule has 1 atom stereocenters. The second kappa shape index (κ2) is 9.75. The number of aromatic nitrogens is 2. The van der Waals surface area contributed by atoms with E-state index in [1.165, 1.54) is 29.1 Å². The number of fused-ring (bicyclic) bond motifs is 3. The molecule has 178 valence electrons. The van der Waals surface area contributed by atoms with E-state index in [4.69, 9.17) is 4.74 Å². The largest absolute Gasteiger partial charge is 0.480 e. The number of aliphatic carboxylic acids is 1. The van der Waals surface area contributed by atoms with Gasteiger partial charge in [-0.15, -0.1) is 11.8 Å². The van der Waals surface area contributed by atoms with Crippen molar-refractivity contribution in [3.8, 4) is 11.1 Å². The van der Waals surface area contributed by atoms with Gasteiger partial charge >= 0.3 is 12.1 Å². The lowest BCUT2D eigenvalue weighted by Gasteiger charge is -2.20. The molecule has 2 aromatic carbocycles. The Morgan fingerprint density at radius 2 is 1.66 bits per heavy atom. The lowest BCUT2D eigenvalue weighted by Crippen LogP contribution is -2.41. The lowest BCUT2D eigenvalue weighted by molar-refractivity contribution is -0.140. The standard InChI is InChI=1S/C25H22N4O5S/c30-23(29-14-35-13-21(29)24(31)32)15-9-26-22(27-10-15)11-28-25(33)34-12-20-18-7-3-1-5-16(18)17-6-2-4-8-19(17)20/h1-10,20-21H,11-14H2,(H,28,33)(H,31,32)/t21-/m0/s1. The topological polar surface area (TPSA) is 122 Å². The molecule has 3 aromatic rings. The second-order valence-corrected chi connectivity index (χ2v) is 9.20. The summed E-state index contributed by atoms with van der Waals surface area (Å²) >= 11 is 1.38. The molecule has 5 rings (SSSR count). The maximum atomic E-state index is 12.6. The molecule has 0 spiro atoms. The van der Waals surface area contributed by atoms with E-state index in [9.17, 15) is 19.5 Å². The van der Waals surface area contributed by atoms with Crippen molar-refractivity contribution >= 4 is 29.7 Å². The van der Waals surface area contributed by atoms with Gasteiger partial charge in [0.2, 0.25) is 0 Å². The molecule has 1 fully saturated rings. The number of thioether (sulfide) groups is 1. The van der Waals surface area contributed by atoms with Crippen molar-refractivity contribution in [2.24, 2.45) is 0 Å². The van der Waals surface area contributed by atoms with E-state index >= 15 is 0 Å². The summed E-state index contributed by atoms with van der Waals surface area (Å²) < 4.78 is 5.50. The highest BCUT2D eigenvalue weighted by atomic mass is 32.2. The fourth-order valence-electron chi connectivity index (χ4n) is 4.37. The van der Waals surface area contributed by atoms with Crippen molar-refractivity contribution in [3.63, 3.8) is 0 Å². The molecule has 1 aliphatic carbocycles. The quantitative estimate of drug-likeness (QED) is 0.541. The Balaban J connectivity index is 1.16. The third kappa shape index (κ3) is 4.57. The van der Waals surface area contributed by atoms with E-state index < -0.39 is 24.0 Å². The van der Waals surface area contributed by atoms with Gasteiger partial charge in [-0.25, -0.2) is 19.6 Å². The molecule has 9 nitrogen and oxygen atoms in total. The predicted octanol–water partition coefficient (Wildman–Crippen LogP) is 3.12. The van der Waals surface area contributed by atoms with Gasteiger partial charge in [0.05, 0.1) is 18.0 Å². The molecule has 1 aliphatic heterocycles. The minimum atomic E-state index is -1.03. The SMILES string of the molecule is O=C(NCc1ncc(C(=O)N2CSC[C@H]2C(=O)O)cn1)OCC1c2ccccc2-c2ccccc21. The summed E-state index contributed by atoms with van der Waals surface area (Å²) in [6.45, 7) is 0.231. The summed E-state index contributed by atoms with van der Waals surface area (Å²) in [5, 5.41) is 11.9. The maximum absolute atomic E-state index is 12.6. The zero-order valence-corrected chi connectivity index (χ0v) is 19.4. The van der Waals surface area contributed by atoms with E-state index in [0.717, 1.165) is 22.3 Å². The van der Waals surface area contributed by atoms with Gasteiger partial charge < -0.3 is 20.1 Å². The third-order valence-corrected chi connectivity index (χ3v) is 7.13. The molecule has 0 bridgehead atoms. The van der Waals surface area contributed by atoms with Crippen LogP contribution in [0.4, 0.5) is 4.79 Å². The Labute approximate surface area is 205 Å². The molecule has 0 unspecified atom stereocenters. The first-order chi connectivity index (χ1) is 17.0. The average molecular weight is 491 g/mol. The van der Waals surface area contributed by atoms with E-state index in [1.807, 2.05) is 24.3 Å². The summed E-state index contributed by atoms with van der Waals surface area (Å²) in [5.41, 5.74) is 4.77. The highest BCUT2D eigenvalue weighted by molar-refractivity contribution is 7.99. The highest BCUT2D eigenvalue weighted by Crippen LogP contribution is 2.44. The van der Waals surface area contributed by atoms with Crippen molar-refractivity contribution in [3.05, 3.63) is 83.4 Å². The molecule has 2 amide bonds. The van der Waals surface area contributed by atoms with E-state index in [1.54, 1.807) is 0 Å². The van der Waals surface area contributed by atoms with Crippen LogP contribution in [0.25, 0.3) is 11.1 Å². The number of carboxylic acids is 1. The Kier molecular flexibility index (Phi) is 6.37. The first-order valence-electron chi connectivity index (χ1n) is 11.0. The van der Waals surface area contributed by atoms with Crippen LogP contribution in [0.5, 0.6) is 0 Å². The smallest absolute Gasteiger partial charge is 0.407 e. The number of hydrogen-bond donors (Lipinski definition) is 2. The zero-order valence-electron chi connectivity index (χ0n) is 18.6. The van der Waals surface area contributed by atoms with Crippen LogP contribution >= 0.6 is 11.8 Å². The average Bonchev–Trinajstić information content (AvgIpc) is 3.50. The summed E-state index contributed by atoms with van der Waals surface area (Å²) in [6, 6.07) is 15.4. The number of alkyl carbamates (subject to hydrolysis) is 1. The molecule has 2 heterocycles. The van der Waals surface area contributed by atoms with Gasteiger partial charge in [0.15, 0.2) is 0 Å². The van der Waals surface area contributed by atoms with Gasteiger partial charge in [0.25, 0.3) is 5.91 Å². The number of nitrogens with one attached hydrogen (secondary N) is 1. The van der Waals surface area contributed by atoms with Gasteiger partial charge in [0, 0.05) is 24.1 Å². The van der Waals surface area contributed by atoms with Crippen molar-refractivity contribution < 1.29 is 24.2 Å². The molecule has 2 aliphatic rings. The molecule has 1 aromatic heterocycles. The Hall–Kier alpha value is -3.92. The zero-order chi connectivity index (χ0) is 24.4. The Morgan fingerprint density at radius 3 is 2.29 bits per heavy atom. The third-order valence-electron chi connectivity index (χ3n) is 6.12. The van der Waals surface area contributed by atoms with Crippen LogP contribution in [0.3, 0.4) is 0 Å². The normalized spacial score (nSPS) is 16.5. The van der Waals surface area contributed by atoms with Crippen LogP contribution in [0.15, 0.2) is 60.9 Å². The number of carboxylic acid groups (broad SMARTS) is 1. The Morgan fingerprint density at radius 1 is 1.03 bits per heavy atom. The molecule has 2 N–H and O–H groups in total. The molecular formula is C25H22N4O5S. The van der Waals surface area contributed by atoms with Gasteiger partial charge in [-0.3, -0.25) is 4.79 Å². The molecular weight excluding hydrogens is 468 g/mol. The summed E-state index contributed by atoms with van der Waals surface area (Å²) in [5.74, 6) is -0.536. The minimum absolute atomic E-state index is 0.0302. The van der Waals surface area contributed by atoms with Crippen LogP contribution in [0, 0.1) is 0 Å². The molecule has 0 saturated carbocycles. The lowest BCUT2D eigenvalue weighted by atomic mass is 9.98. The molecule has 35 heavy (non-hydrogen) atoms. The van der Waals surface area contributed by atoms with Crippen molar-refractivity contribution in [1.29, 1.82) is 0 Å². The van der Waals surface area contributed by atoms with Gasteiger partial charge in [0.1, 0.15) is 18.5 Å². The van der Waals surface area contributed by atoms with E-state index in [-0.39, 0.29) is 24.6 Å². The second-order valence-electron chi connectivity index (χ2n) is 8.20. The molecule has 0 radical (unpaired) electrons. The first kappa shape index (κ1) is 22.9. The van der Waals surface area contributed by atoms with Crippen molar-refractivity contribution in [2.45, 2.75) is 18.5 Å². The van der Waals surface area contributed by atoms with Gasteiger partial charge in [-0.1, -0.05) is 48.5 Å². The maximum Gasteiger partial charge on any atom is 0.407 e. The molecule has 10 heteroatoms. The number of amides is 2. The number of ether oxygens (including phenoxy) is 1. The van der Waals surface area contributed by atoms with Gasteiger partial charge in [-0.2, -0.15) is 0 Å². The molecule has 1 saturated heterocycles. The van der Waals surface area contributed by atoms with Crippen molar-refractivity contribution in [1.82, 2.24) is 20.2 Å². The van der Waals surface area contributed by atoms with E-state index in [2.05, 4.69) is 39.6 Å². The van der Waals surface area contributed by atoms with E-state index in [0.29, 0.717) is 17.5 Å². The minimum Gasteiger partial charge on any atom is -0.480 e. The fraction of sp³-hybridized carbons (Fsp3) is 0.240. The summed E-state index contributed by atoms with van der Waals surface area (Å²) in [4.78, 5) is 45.8. The fourth-order valence-corrected chi connectivity index (χ4v) is 5.52. The highest BCUT2D eigenvalue weighted by Gasteiger charge is 2.35. The van der Waals surface area contributed by atoms with Crippen LogP contribution in [-0.4, -0.2) is 62.2 Å². The first-order valence-corrected chi connectivity index (χ1v) is 12.2. The number of carbonyl (C=O) groups excluding carboxylic acids is 2. The monoisotopic (exact) mass is 490 g/mol. The Bertz CT molecular complexity index is 1240. The van der Waals surface area contributed by atoms with Crippen LogP contribution in [-0.2, 0) is 16.1 Å². The summed E-state index contributed by atoms with van der Waals surface area (Å²) in [7, 11) is 0. The number of benzene rings is 2. The number of nitrogens with zero attached hydrogens (tertiary/aromatic N) is 3. The van der Waals surface area contributed by atoms with Gasteiger partial charge in [-0.05, 0) is 22.3 Å².